The summed E-state index contributed by atoms with van der Waals surface area (Å²) in [4.78, 5) is 11.8. The highest BCUT2D eigenvalue weighted by Gasteiger charge is 2.15. The smallest absolute Gasteiger partial charge is 0.253 e. The minimum absolute atomic E-state index is 0.311. The van der Waals surface area contributed by atoms with Crippen LogP contribution in [0.25, 0.3) is 0 Å². The van der Waals surface area contributed by atoms with Gasteiger partial charge in [-0.25, -0.2) is 4.39 Å². The van der Waals surface area contributed by atoms with Gasteiger partial charge < -0.3 is 15.2 Å². The van der Waals surface area contributed by atoms with Gasteiger partial charge in [0.2, 0.25) is 0 Å². The fraction of sp³-hybridized carbons (Fsp3) is 0.235. The summed E-state index contributed by atoms with van der Waals surface area (Å²) in [5, 5.41) is 12.5. The van der Waals surface area contributed by atoms with Crippen LogP contribution in [0.5, 0.6) is 5.75 Å². The lowest BCUT2D eigenvalue weighted by Crippen LogP contribution is -2.30. The molecular formula is C17H18FNO3. The molecule has 22 heavy (non-hydrogen) atoms. The van der Waals surface area contributed by atoms with E-state index in [0.29, 0.717) is 30.9 Å². The molecule has 2 aromatic rings. The first kappa shape index (κ1) is 16.0. The molecule has 0 spiro atoms. The Morgan fingerprint density at radius 1 is 1.14 bits per heavy atom. The molecule has 0 aliphatic carbocycles. The van der Waals surface area contributed by atoms with Gasteiger partial charge in [-0.05, 0) is 36.2 Å². The van der Waals surface area contributed by atoms with Crippen molar-refractivity contribution in [3.63, 3.8) is 0 Å². The molecule has 1 unspecified atom stereocenters. The number of benzene rings is 2. The molecule has 0 heterocycles. The zero-order valence-electron chi connectivity index (χ0n) is 12.0. The van der Waals surface area contributed by atoms with Crippen LogP contribution in [0, 0.1) is 5.82 Å². The van der Waals surface area contributed by atoms with Gasteiger partial charge in [0, 0.05) is 6.54 Å². The molecule has 0 aromatic heterocycles. The fourth-order valence-corrected chi connectivity index (χ4v) is 1.89. The van der Waals surface area contributed by atoms with Gasteiger partial charge in [0.1, 0.15) is 11.6 Å². The molecule has 0 fully saturated rings. The van der Waals surface area contributed by atoms with Crippen molar-refractivity contribution in [2.24, 2.45) is 0 Å². The first-order chi connectivity index (χ1) is 10.7. The minimum atomic E-state index is -1.17. The molecule has 0 saturated heterocycles. The number of hydrogen-bond donors (Lipinski definition) is 2. The van der Waals surface area contributed by atoms with Crippen LogP contribution in [0.2, 0.25) is 0 Å². The number of amides is 1. The van der Waals surface area contributed by atoms with Crippen LogP contribution in [0.1, 0.15) is 18.1 Å². The van der Waals surface area contributed by atoms with Crippen molar-refractivity contribution in [3.8, 4) is 5.75 Å². The predicted molar refractivity (Wildman–Crippen MR) is 80.9 cm³/mol. The Morgan fingerprint density at radius 3 is 2.50 bits per heavy atom. The van der Waals surface area contributed by atoms with Crippen molar-refractivity contribution in [2.45, 2.75) is 12.5 Å². The van der Waals surface area contributed by atoms with Gasteiger partial charge in [0.15, 0.2) is 6.10 Å². The van der Waals surface area contributed by atoms with Crippen LogP contribution in [0.3, 0.4) is 0 Å². The normalized spacial score (nSPS) is 11.7. The molecule has 2 N–H and O–H groups in total. The number of ether oxygens (including phenoxy) is 1. The lowest BCUT2D eigenvalue weighted by molar-refractivity contribution is -0.129. The Morgan fingerprint density at radius 2 is 1.82 bits per heavy atom. The van der Waals surface area contributed by atoms with E-state index in [1.165, 1.54) is 12.1 Å². The van der Waals surface area contributed by atoms with E-state index in [1.54, 1.807) is 36.4 Å². The number of rotatable bonds is 7. The number of aliphatic hydroxyl groups excluding tert-OH is 1. The van der Waals surface area contributed by atoms with Gasteiger partial charge in [-0.1, -0.05) is 30.3 Å². The SMILES string of the molecule is O=C(NCCCOc1ccc(F)cc1)C(O)c1ccccc1. The summed E-state index contributed by atoms with van der Waals surface area (Å²) < 4.78 is 18.1. The third-order valence-corrected chi connectivity index (χ3v) is 3.07. The molecule has 0 aliphatic rings. The quantitative estimate of drug-likeness (QED) is 0.772. The predicted octanol–water partition coefficient (Wildman–Crippen LogP) is 2.44. The fourth-order valence-electron chi connectivity index (χ4n) is 1.89. The molecule has 4 nitrogen and oxygen atoms in total. The number of halogens is 1. The minimum Gasteiger partial charge on any atom is -0.494 e. The molecule has 0 aliphatic heterocycles. The van der Waals surface area contributed by atoms with Crippen LogP contribution in [-0.2, 0) is 4.79 Å². The summed E-state index contributed by atoms with van der Waals surface area (Å²) in [5.74, 6) is -0.167. The van der Waals surface area contributed by atoms with E-state index in [9.17, 15) is 14.3 Å². The maximum atomic E-state index is 12.7. The van der Waals surface area contributed by atoms with Gasteiger partial charge in [0.05, 0.1) is 6.61 Å². The van der Waals surface area contributed by atoms with Crippen LogP contribution in [0.15, 0.2) is 54.6 Å². The number of carbonyl (C=O) groups is 1. The van der Waals surface area contributed by atoms with Crippen molar-refractivity contribution in [3.05, 3.63) is 66.0 Å². The Labute approximate surface area is 128 Å². The van der Waals surface area contributed by atoms with E-state index in [0.717, 1.165) is 0 Å². The topological polar surface area (TPSA) is 58.6 Å². The van der Waals surface area contributed by atoms with Crippen LogP contribution >= 0.6 is 0 Å². The summed E-state index contributed by atoms with van der Waals surface area (Å²) in [5.41, 5.74) is 0.558. The van der Waals surface area contributed by atoms with Crippen molar-refractivity contribution in [1.82, 2.24) is 5.32 Å². The van der Waals surface area contributed by atoms with Crippen LogP contribution in [0.4, 0.5) is 4.39 Å². The molecule has 0 radical (unpaired) electrons. The lowest BCUT2D eigenvalue weighted by Gasteiger charge is -2.12. The molecule has 2 aromatic carbocycles. The zero-order valence-corrected chi connectivity index (χ0v) is 12.0. The number of aliphatic hydroxyl groups is 1. The van der Waals surface area contributed by atoms with Crippen molar-refractivity contribution < 1.29 is 19.0 Å². The van der Waals surface area contributed by atoms with Crippen molar-refractivity contribution in [2.75, 3.05) is 13.2 Å². The third kappa shape index (κ3) is 4.86. The summed E-state index contributed by atoms with van der Waals surface area (Å²) in [7, 11) is 0. The van der Waals surface area contributed by atoms with Gasteiger partial charge >= 0.3 is 0 Å². The third-order valence-electron chi connectivity index (χ3n) is 3.07. The highest BCUT2D eigenvalue weighted by atomic mass is 19.1. The summed E-state index contributed by atoms with van der Waals surface area (Å²) >= 11 is 0. The van der Waals surface area contributed by atoms with Gasteiger partial charge in [0.25, 0.3) is 5.91 Å². The maximum Gasteiger partial charge on any atom is 0.253 e. The molecule has 1 atom stereocenters. The van der Waals surface area contributed by atoms with E-state index in [2.05, 4.69) is 5.32 Å². The molecule has 2 rings (SSSR count). The van der Waals surface area contributed by atoms with Gasteiger partial charge in [-0.2, -0.15) is 0 Å². The zero-order chi connectivity index (χ0) is 15.8. The van der Waals surface area contributed by atoms with Gasteiger partial charge in [-0.3, -0.25) is 4.79 Å². The molecule has 116 valence electrons. The number of carbonyl (C=O) groups excluding carboxylic acids is 1. The summed E-state index contributed by atoms with van der Waals surface area (Å²) in [6, 6.07) is 14.5. The van der Waals surface area contributed by atoms with Crippen LogP contribution in [-0.4, -0.2) is 24.2 Å². The van der Waals surface area contributed by atoms with Crippen molar-refractivity contribution in [1.29, 1.82) is 0 Å². The Kier molecular flexibility index (Phi) is 5.91. The lowest BCUT2D eigenvalue weighted by atomic mass is 10.1. The van der Waals surface area contributed by atoms with E-state index < -0.39 is 12.0 Å². The highest BCUT2D eigenvalue weighted by Crippen LogP contribution is 2.12. The molecule has 1 amide bonds. The first-order valence-electron chi connectivity index (χ1n) is 7.06. The average Bonchev–Trinajstić information content (AvgIpc) is 2.56. The van der Waals surface area contributed by atoms with E-state index in [4.69, 9.17) is 4.74 Å². The molecular weight excluding hydrogens is 285 g/mol. The largest absolute Gasteiger partial charge is 0.494 e. The molecule has 5 heteroatoms. The Bertz CT molecular complexity index is 587. The standard InChI is InChI=1S/C17H18FNO3/c18-14-7-9-15(10-8-14)22-12-4-11-19-17(21)16(20)13-5-2-1-3-6-13/h1-3,5-10,16,20H,4,11-12H2,(H,19,21). The van der Waals surface area contributed by atoms with Crippen LogP contribution < -0.4 is 10.1 Å². The molecule has 0 saturated carbocycles. The van der Waals surface area contributed by atoms with Gasteiger partial charge in [-0.15, -0.1) is 0 Å². The second-order valence-corrected chi connectivity index (χ2v) is 4.76. The second kappa shape index (κ2) is 8.14. The van der Waals surface area contributed by atoms with Crippen molar-refractivity contribution >= 4 is 5.91 Å². The average molecular weight is 303 g/mol. The summed E-state index contributed by atoms with van der Waals surface area (Å²) in [6.07, 6.45) is -0.579. The van der Waals surface area contributed by atoms with E-state index in [1.807, 2.05) is 6.07 Å². The highest BCUT2D eigenvalue weighted by molar-refractivity contribution is 5.81. The first-order valence-corrected chi connectivity index (χ1v) is 7.06. The Hall–Kier alpha value is -2.40. The molecule has 0 bridgehead atoms. The van der Waals surface area contributed by atoms with E-state index >= 15 is 0 Å². The summed E-state index contributed by atoms with van der Waals surface area (Å²) in [6.45, 7) is 0.789. The number of nitrogens with one attached hydrogen (secondary N) is 1. The maximum absolute atomic E-state index is 12.7. The van der Waals surface area contributed by atoms with E-state index in [-0.39, 0.29) is 5.82 Å². The number of hydrogen-bond acceptors (Lipinski definition) is 3. The Balaban J connectivity index is 1.66. The monoisotopic (exact) mass is 303 g/mol. The second-order valence-electron chi connectivity index (χ2n) is 4.76.